The number of likely N-dealkylation sites (tertiary alicyclic amines) is 1. The van der Waals surface area contributed by atoms with E-state index in [1.54, 1.807) is 11.2 Å². The van der Waals surface area contributed by atoms with Crippen LogP contribution in [0.5, 0.6) is 0 Å². The second kappa shape index (κ2) is 8.01. The first kappa shape index (κ1) is 17.3. The highest BCUT2D eigenvalue weighted by atomic mass is 16.3. The van der Waals surface area contributed by atoms with Gasteiger partial charge in [0.1, 0.15) is 5.76 Å². The summed E-state index contributed by atoms with van der Waals surface area (Å²) in [7, 11) is 3.91. The third kappa shape index (κ3) is 4.99. The van der Waals surface area contributed by atoms with Crippen molar-refractivity contribution in [2.24, 2.45) is 11.7 Å². The monoisotopic (exact) mass is 322 g/mol. The van der Waals surface area contributed by atoms with Gasteiger partial charge in [-0.3, -0.25) is 9.69 Å². The molecular formula is C16H26N4O3. The molecule has 2 heterocycles. The predicted molar refractivity (Wildman–Crippen MR) is 86.6 cm³/mol. The molecular weight excluding hydrogens is 296 g/mol. The maximum absolute atomic E-state index is 12.3. The molecule has 1 fully saturated rings. The molecule has 23 heavy (non-hydrogen) atoms. The fourth-order valence-corrected chi connectivity index (χ4v) is 2.94. The van der Waals surface area contributed by atoms with E-state index in [0.29, 0.717) is 32.0 Å². The molecule has 3 amide bonds. The first-order valence-corrected chi connectivity index (χ1v) is 7.98. The smallest absolute Gasteiger partial charge is 0.317 e. The van der Waals surface area contributed by atoms with Crippen LogP contribution in [0.1, 0.15) is 31.1 Å². The van der Waals surface area contributed by atoms with Gasteiger partial charge in [0.05, 0.1) is 12.3 Å². The van der Waals surface area contributed by atoms with Crippen molar-refractivity contribution in [3.8, 4) is 0 Å². The third-order valence-corrected chi connectivity index (χ3v) is 4.33. The summed E-state index contributed by atoms with van der Waals surface area (Å²) >= 11 is 0. The number of piperidine rings is 1. The van der Waals surface area contributed by atoms with Gasteiger partial charge in [-0.15, -0.1) is 0 Å². The van der Waals surface area contributed by atoms with Crippen LogP contribution in [0.15, 0.2) is 22.8 Å². The first-order valence-electron chi connectivity index (χ1n) is 7.98. The van der Waals surface area contributed by atoms with E-state index in [-0.39, 0.29) is 18.0 Å². The number of likely N-dealkylation sites (N-methyl/N-ethyl adjacent to an activating group) is 1. The maximum atomic E-state index is 12.3. The molecule has 0 spiro atoms. The van der Waals surface area contributed by atoms with E-state index < -0.39 is 0 Å². The molecule has 1 aliphatic rings. The van der Waals surface area contributed by atoms with Crippen molar-refractivity contribution in [2.75, 3.05) is 33.7 Å². The van der Waals surface area contributed by atoms with Crippen molar-refractivity contribution < 1.29 is 14.0 Å². The lowest BCUT2D eigenvalue weighted by molar-refractivity contribution is -0.119. The van der Waals surface area contributed by atoms with Crippen LogP contribution in [-0.4, -0.2) is 55.5 Å². The van der Waals surface area contributed by atoms with Crippen LogP contribution in [0.3, 0.4) is 0 Å². The van der Waals surface area contributed by atoms with E-state index in [1.807, 2.05) is 31.1 Å². The quantitative estimate of drug-likeness (QED) is 0.822. The van der Waals surface area contributed by atoms with Crippen LogP contribution < -0.4 is 11.1 Å². The summed E-state index contributed by atoms with van der Waals surface area (Å²) < 4.78 is 5.44. The van der Waals surface area contributed by atoms with Crippen LogP contribution in [0.4, 0.5) is 4.79 Å². The van der Waals surface area contributed by atoms with Crippen LogP contribution >= 0.6 is 0 Å². The van der Waals surface area contributed by atoms with Crippen LogP contribution in [0, 0.1) is 5.92 Å². The summed E-state index contributed by atoms with van der Waals surface area (Å²) in [6, 6.07) is 3.69. The minimum absolute atomic E-state index is 0.00125. The molecule has 0 unspecified atom stereocenters. The summed E-state index contributed by atoms with van der Waals surface area (Å²) in [5.41, 5.74) is 5.23. The Morgan fingerprint density at radius 3 is 2.65 bits per heavy atom. The van der Waals surface area contributed by atoms with E-state index >= 15 is 0 Å². The molecule has 0 saturated carbocycles. The summed E-state index contributed by atoms with van der Waals surface area (Å²) in [6.45, 7) is 1.81. The summed E-state index contributed by atoms with van der Waals surface area (Å²) in [5.74, 6) is 0.866. The zero-order valence-electron chi connectivity index (χ0n) is 13.8. The Morgan fingerprint density at radius 2 is 2.13 bits per heavy atom. The number of furan rings is 1. The largest absolute Gasteiger partial charge is 0.468 e. The van der Waals surface area contributed by atoms with Crippen molar-refractivity contribution in [3.63, 3.8) is 0 Å². The molecule has 0 bridgehead atoms. The number of carbonyl (C=O) groups excluding carboxylic acids is 2. The number of hydrogen-bond acceptors (Lipinski definition) is 4. The molecule has 1 atom stereocenters. The minimum Gasteiger partial charge on any atom is -0.468 e. The van der Waals surface area contributed by atoms with E-state index in [4.69, 9.17) is 10.2 Å². The van der Waals surface area contributed by atoms with E-state index in [2.05, 4.69) is 5.32 Å². The number of hydrogen-bond donors (Lipinski definition) is 2. The fraction of sp³-hybridized carbons (Fsp3) is 0.625. The summed E-state index contributed by atoms with van der Waals surface area (Å²) in [4.78, 5) is 27.1. The molecule has 1 aromatic heterocycles. The molecule has 2 rings (SSSR count). The number of carbonyl (C=O) groups is 2. The Balaban J connectivity index is 1.79. The van der Waals surface area contributed by atoms with Crippen LogP contribution in [0.25, 0.3) is 0 Å². The summed E-state index contributed by atoms with van der Waals surface area (Å²) in [5, 5.41) is 2.97. The van der Waals surface area contributed by atoms with Crippen molar-refractivity contribution >= 4 is 11.9 Å². The zero-order valence-corrected chi connectivity index (χ0v) is 13.8. The van der Waals surface area contributed by atoms with Crippen LogP contribution in [0.2, 0.25) is 0 Å². The highest BCUT2D eigenvalue weighted by molar-refractivity contribution is 5.75. The molecule has 1 saturated heterocycles. The zero-order chi connectivity index (χ0) is 16.8. The summed E-state index contributed by atoms with van der Waals surface area (Å²) in [6.07, 6.45) is 3.70. The Morgan fingerprint density at radius 1 is 1.43 bits per heavy atom. The topological polar surface area (TPSA) is 91.8 Å². The van der Waals surface area contributed by atoms with Crippen molar-refractivity contribution in [3.05, 3.63) is 24.2 Å². The lowest BCUT2D eigenvalue weighted by Gasteiger charge is -2.32. The molecule has 1 aliphatic heterocycles. The van der Waals surface area contributed by atoms with E-state index in [1.165, 1.54) is 0 Å². The number of nitrogens with two attached hydrogens (primary N) is 1. The first-order chi connectivity index (χ1) is 11.0. The number of urea groups is 1. The van der Waals surface area contributed by atoms with E-state index in [0.717, 1.165) is 18.6 Å². The standard InChI is InChI=1S/C16H26N4O3/c1-19(2)13(14-4-3-9-23-14)11-18-16(22)20-7-5-12(6-8-20)10-15(17)21/h3-4,9,12-13H,5-8,10-11H2,1-2H3,(H2,17,21)(H,18,22)/t13-/m1/s1. The Labute approximate surface area is 136 Å². The van der Waals surface area contributed by atoms with Gasteiger partial charge >= 0.3 is 6.03 Å². The number of primary amides is 1. The van der Waals surface area contributed by atoms with Gasteiger partial charge in [-0.25, -0.2) is 4.79 Å². The lowest BCUT2D eigenvalue weighted by Crippen LogP contribution is -2.46. The fourth-order valence-electron chi connectivity index (χ4n) is 2.94. The molecule has 128 valence electrons. The van der Waals surface area contributed by atoms with E-state index in [9.17, 15) is 9.59 Å². The number of nitrogens with zero attached hydrogens (tertiary/aromatic N) is 2. The van der Waals surface area contributed by atoms with Gasteiger partial charge in [0.2, 0.25) is 5.91 Å². The maximum Gasteiger partial charge on any atom is 0.317 e. The molecule has 3 N–H and O–H groups in total. The number of rotatable bonds is 6. The molecule has 7 nitrogen and oxygen atoms in total. The van der Waals surface area contributed by atoms with Gasteiger partial charge in [0, 0.05) is 26.1 Å². The molecule has 7 heteroatoms. The van der Waals surface area contributed by atoms with Crippen molar-refractivity contribution in [1.29, 1.82) is 0 Å². The Kier molecular flexibility index (Phi) is 6.04. The lowest BCUT2D eigenvalue weighted by atomic mass is 9.93. The second-order valence-electron chi connectivity index (χ2n) is 6.28. The van der Waals surface area contributed by atoms with Gasteiger partial charge < -0.3 is 20.4 Å². The van der Waals surface area contributed by atoms with Gasteiger partial charge in [-0.05, 0) is 45.0 Å². The SMILES string of the molecule is CN(C)[C@H](CNC(=O)N1CCC(CC(N)=O)CC1)c1ccco1. The molecule has 0 radical (unpaired) electrons. The Bertz CT molecular complexity index is 507. The van der Waals surface area contributed by atoms with Gasteiger partial charge in [0.25, 0.3) is 0 Å². The minimum atomic E-state index is -0.264. The van der Waals surface area contributed by atoms with Gasteiger partial charge in [0.15, 0.2) is 0 Å². The number of amides is 3. The average molecular weight is 322 g/mol. The van der Waals surface area contributed by atoms with Crippen LogP contribution in [-0.2, 0) is 4.79 Å². The van der Waals surface area contributed by atoms with Gasteiger partial charge in [-0.1, -0.05) is 0 Å². The predicted octanol–water partition coefficient (Wildman–Crippen LogP) is 1.18. The average Bonchev–Trinajstić information content (AvgIpc) is 3.01. The molecule has 0 aromatic carbocycles. The highest BCUT2D eigenvalue weighted by Crippen LogP contribution is 2.21. The van der Waals surface area contributed by atoms with Crippen molar-refractivity contribution in [2.45, 2.75) is 25.3 Å². The normalized spacial score (nSPS) is 17.3. The van der Waals surface area contributed by atoms with Gasteiger partial charge in [-0.2, -0.15) is 0 Å². The van der Waals surface area contributed by atoms with Crippen molar-refractivity contribution in [1.82, 2.24) is 15.1 Å². The third-order valence-electron chi connectivity index (χ3n) is 4.33. The highest BCUT2D eigenvalue weighted by Gasteiger charge is 2.25. The molecule has 0 aliphatic carbocycles. The number of nitrogens with one attached hydrogen (secondary N) is 1. The second-order valence-corrected chi connectivity index (χ2v) is 6.28. The molecule has 1 aromatic rings. The Hall–Kier alpha value is -2.02.